The van der Waals surface area contributed by atoms with Crippen molar-refractivity contribution in [1.82, 2.24) is 4.90 Å². The lowest BCUT2D eigenvalue weighted by Crippen LogP contribution is -2.44. The summed E-state index contributed by atoms with van der Waals surface area (Å²) in [5.41, 5.74) is 7.23. The number of nitrogens with two attached hydrogens (primary N) is 1. The average molecular weight is 354 g/mol. The van der Waals surface area contributed by atoms with Crippen LogP contribution < -0.4 is 11.1 Å². The molecule has 6 heteroatoms. The Kier molecular flexibility index (Phi) is 5.36. The largest absolute Gasteiger partial charge is 0.369 e. The van der Waals surface area contributed by atoms with Crippen molar-refractivity contribution in [3.8, 4) is 0 Å². The number of aryl methyl sites for hydroxylation is 1. The van der Waals surface area contributed by atoms with Gasteiger partial charge in [0.25, 0.3) is 0 Å². The van der Waals surface area contributed by atoms with Crippen LogP contribution in [-0.2, 0) is 9.59 Å². The summed E-state index contributed by atoms with van der Waals surface area (Å²) < 4.78 is 0.865. The molecular weight excluding hydrogens is 334 g/mol. The summed E-state index contributed by atoms with van der Waals surface area (Å²) >= 11 is 3.44. The molecule has 0 bridgehead atoms. The van der Waals surface area contributed by atoms with Gasteiger partial charge < -0.3 is 11.1 Å². The Morgan fingerprint density at radius 2 is 2.24 bits per heavy atom. The van der Waals surface area contributed by atoms with Gasteiger partial charge in [-0.25, -0.2) is 0 Å². The average Bonchev–Trinajstić information content (AvgIpc) is 2.42. The Morgan fingerprint density at radius 1 is 1.48 bits per heavy atom. The van der Waals surface area contributed by atoms with Gasteiger partial charge in [-0.15, -0.1) is 0 Å². The Labute approximate surface area is 133 Å². The summed E-state index contributed by atoms with van der Waals surface area (Å²) in [4.78, 5) is 25.3. The number of likely N-dealkylation sites (tertiary alicyclic amines) is 1. The fourth-order valence-corrected chi connectivity index (χ4v) is 3.14. The van der Waals surface area contributed by atoms with E-state index in [0.29, 0.717) is 6.54 Å². The predicted molar refractivity (Wildman–Crippen MR) is 85.9 cm³/mol. The van der Waals surface area contributed by atoms with Crippen LogP contribution in [0.25, 0.3) is 0 Å². The van der Waals surface area contributed by atoms with Crippen molar-refractivity contribution in [2.24, 2.45) is 11.7 Å². The van der Waals surface area contributed by atoms with Crippen LogP contribution in [0.4, 0.5) is 5.69 Å². The van der Waals surface area contributed by atoms with Crippen molar-refractivity contribution in [2.75, 3.05) is 25.0 Å². The van der Waals surface area contributed by atoms with Gasteiger partial charge in [-0.05, 0) is 59.9 Å². The van der Waals surface area contributed by atoms with Crippen LogP contribution >= 0.6 is 15.9 Å². The van der Waals surface area contributed by atoms with Crippen LogP contribution in [0, 0.1) is 12.8 Å². The highest BCUT2D eigenvalue weighted by Crippen LogP contribution is 2.23. The maximum absolute atomic E-state index is 12.1. The van der Waals surface area contributed by atoms with E-state index in [9.17, 15) is 9.59 Å². The third kappa shape index (κ3) is 4.54. The SMILES string of the molecule is Cc1ccc(NC(=O)CN2CCC[C@H](C(N)=O)C2)c(Br)c1. The summed E-state index contributed by atoms with van der Waals surface area (Å²) in [7, 11) is 0. The predicted octanol–water partition coefficient (Wildman–Crippen LogP) is 1.89. The molecule has 3 N–H and O–H groups in total. The molecule has 1 fully saturated rings. The summed E-state index contributed by atoms with van der Waals surface area (Å²) in [5.74, 6) is -0.497. The summed E-state index contributed by atoms with van der Waals surface area (Å²) in [6.07, 6.45) is 1.71. The van der Waals surface area contributed by atoms with Gasteiger partial charge in [-0.1, -0.05) is 6.07 Å². The van der Waals surface area contributed by atoms with Gasteiger partial charge in [0.2, 0.25) is 11.8 Å². The lowest BCUT2D eigenvalue weighted by atomic mass is 9.97. The molecule has 0 unspecified atom stereocenters. The van der Waals surface area contributed by atoms with E-state index >= 15 is 0 Å². The first-order valence-corrected chi connectivity index (χ1v) is 7.82. The maximum atomic E-state index is 12.1. The highest BCUT2D eigenvalue weighted by molar-refractivity contribution is 9.10. The Hall–Kier alpha value is -1.40. The fraction of sp³-hybridized carbons (Fsp3) is 0.467. The standard InChI is InChI=1S/C15H20BrN3O2/c1-10-4-5-13(12(16)7-10)18-14(20)9-19-6-2-3-11(8-19)15(17)21/h4-5,7,11H,2-3,6,8-9H2,1H3,(H2,17,21)(H,18,20)/t11-/m0/s1. The molecular formula is C15H20BrN3O2. The first-order chi connectivity index (χ1) is 9.95. The van der Waals surface area contributed by atoms with E-state index in [1.807, 2.05) is 30.0 Å². The van der Waals surface area contributed by atoms with Gasteiger partial charge in [0.05, 0.1) is 18.2 Å². The molecule has 0 aromatic heterocycles. The number of carbonyl (C=O) groups is 2. The molecule has 0 saturated carbocycles. The summed E-state index contributed by atoms with van der Waals surface area (Å²) in [6.45, 7) is 3.67. The van der Waals surface area contributed by atoms with Crippen molar-refractivity contribution in [1.29, 1.82) is 0 Å². The molecule has 1 aromatic rings. The van der Waals surface area contributed by atoms with Crippen molar-refractivity contribution in [3.63, 3.8) is 0 Å². The van der Waals surface area contributed by atoms with Crippen molar-refractivity contribution >= 4 is 33.4 Å². The second-order valence-electron chi connectivity index (χ2n) is 5.51. The first kappa shape index (κ1) is 16.0. The quantitative estimate of drug-likeness (QED) is 0.867. The minimum Gasteiger partial charge on any atom is -0.369 e. The third-order valence-corrected chi connectivity index (χ3v) is 4.33. The van der Waals surface area contributed by atoms with Crippen molar-refractivity contribution < 1.29 is 9.59 Å². The second-order valence-corrected chi connectivity index (χ2v) is 6.36. The fourth-order valence-electron chi connectivity index (χ4n) is 2.55. The molecule has 114 valence electrons. The number of carbonyl (C=O) groups excluding carboxylic acids is 2. The van der Waals surface area contributed by atoms with Crippen LogP contribution in [0.1, 0.15) is 18.4 Å². The number of primary amides is 1. The number of hydrogen-bond donors (Lipinski definition) is 2. The van der Waals surface area contributed by atoms with Gasteiger partial charge in [0.1, 0.15) is 0 Å². The van der Waals surface area contributed by atoms with E-state index in [4.69, 9.17) is 5.73 Å². The summed E-state index contributed by atoms with van der Waals surface area (Å²) in [5, 5.41) is 2.89. The molecule has 1 saturated heterocycles. The number of anilines is 1. The van der Waals surface area contributed by atoms with E-state index < -0.39 is 0 Å². The molecule has 0 radical (unpaired) electrons. The molecule has 1 aromatic carbocycles. The lowest BCUT2D eigenvalue weighted by molar-refractivity contribution is -0.125. The molecule has 21 heavy (non-hydrogen) atoms. The normalized spacial score (nSPS) is 19.2. The topological polar surface area (TPSA) is 75.4 Å². The van der Waals surface area contributed by atoms with Gasteiger partial charge in [0, 0.05) is 11.0 Å². The third-order valence-electron chi connectivity index (χ3n) is 3.67. The van der Waals surface area contributed by atoms with Crippen molar-refractivity contribution in [3.05, 3.63) is 28.2 Å². The smallest absolute Gasteiger partial charge is 0.238 e. The number of halogens is 1. The van der Waals surface area contributed by atoms with Crippen LogP contribution in [-0.4, -0.2) is 36.3 Å². The molecule has 0 aliphatic carbocycles. The van der Waals surface area contributed by atoms with Crippen LogP contribution in [0.15, 0.2) is 22.7 Å². The first-order valence-electron chi connectivity index (χ1n) is 7.03. The number of hydrogen-bond acceptors (Lipinski definition) is 3. The molecule has 1 aliphatic rings. The number of nitrogens with zero attached hydrogens (tertiary/aromatic N) is 1. The molecule has 0 spiro atoms. The van der Waals surface area contributed by atoms with Gasteiger partial charge in [-0.2, -0.15) is 0 Å². The number of nitrogens with one attached hydrogen (secondary N) is 1. The number of piperidine rings is 1. The molecule has 2 rings (SSSR count). The zero-order valence-electron chi connectivity index (χ0n) is 12.1. The van der Waals surface area contributed by atoms with Gasteiger partial charge >= 0.3 is 0 Å². The van der Waals surface area contributed by atoms with Gasteiger partial charge in [0.15, 0.2) is 0 Å². The molecule has 5 nitrogen and oxygen atoms in total. The van der Waals surface area contributed by atoms with Gasteiger partial charge in [-0.3, -0.25) is 14.5 Å². The Balaban J connectivity index is 1.91. The minimum absolute atomic E-state index is 0.0790. The molecule has 2 amide bonds. The Bertz CT molecular complexity index is 548. The van der Waals surface area contributed by atoms with Crippen LogP contribution in [0.2, 0.25) is 0 Å². The molecule has 1 aliphatic heterocycles. The number of rotatable bonds is 4. The monoisotopic (exact) mass is 353 g/mol. The van der Waals surface area contributed by atoms with E-state index in [1.165, 1.54) is 0 Å². The molecule has 1 heterocycles. The lowest BCUT2D eigenvalue weighted by Gasteiger charge is -2.30. The zero-order valence-corrected chi connectivity index (χ0v) is 13.6. The van der Waals surface area contributed by atoms with E-state index in [2.05, 4.69) is 21.2 Å². The maximum Gasteiger partial charge on any atom is 0.238 e. The number of benzene rings is 1. The second kappa shape index (κ2) is 7.04. The van der Waals surface area contributed by atoms with E-state index in [-0.39, 0.29) is 24.3 Å². The van der Waals surface area contributed by atoms with Crippen LogP contribution in [0.3, 0.4) is 0 Å². The van der Waals surface area contributed by atoms with E-state index in [0.717, 1.165) is 35.1 Å². The van der Waals surface area contributed by atoms with Crippen LogP contribution in [0.5, 0.6) is 0 Å². The highest BCUT2D eigenvalue weighted by Gasteiger charge is 2.25. The minimum atomic E-state index is -0.276. The number of amides is 2. The highest BCUT2D eigenvalue weighted by atomic mass is 79.9. The Morgan fingerprint density at radius 3 is 2.90 bits per heavy atom. The van der Waals surface area contributed by atoms with E-state index in [1.54, 1.807) is 0 Å². The van der Waals surface area contributed by atoms with Crippen molar-refractivity contribution in [2.45, 2.75) is 19.8 Å². The zero-order chi connectivity index (χ0) is 15.4. The molecule has 1 atom stereocenters. The summed E-state index contributed by atoms with van der Waals surface area (Å²) in [6, 6.07) is 5.78.